The van der Waals surface area contributed by atoms with Crippen molar-refractivity contribution in [2.24, 2.45) is 5.84 Å². The molecule has 0 spiro atoms. The third kappa shape index (κ3) is 3.79. The van der Waals surface area contributed by atoms with Crippen LogP contribution in [0.3, 0.4) is 0 Å². The molecule has 5 nitrogen and oxygen atoms in total. The molecule has 1 unspecified atom stereocenters. The van der Waals surface area contributed by atoms with E-state index >= 15 is 0 Å². The van der Waals surface area contributed by atoms with Crippen LogP contribution in [-0.2, 0) is 14.3 Å². The van der Waals surface area contributed by atoms with Crippen molar-refractivity contribution in [3.05, 3.63) is 40.4 Å². The Morgan fingerprint density at radius 2 is 1.90 bits per heavy atom. The number of nitrogens with zero attached hydrogens (tertiary/aromatic N) is 1. The molecule has 7 heteroatoms. The average Bonchev–Trinajstić information content (AvgIpc) is 2.73. The first-order valence-electron chi connectivity index (χ1n) is 6.64. The lowest BCUT2D eigenvalue weighted by Gasteiger charge is -2.19. The molecule has 0 radical (unpaired) electrons. The number of hydrazine groups is 1. The molecule has 2 rings (SSSR count). The Labute approximate surface area is 130 Å². The SMILES string of the molecule is Cc1cc(C)c(S(=O)(=O)OCCC2SC=CN2N)c(C)c1. The van der Waals surface area contributed by atoms with Gasteiger partial charge in [0.15, 0.2) is 0 Å². The number of nitrogens with two attached hydrogens (primary N) is 1. The van der Waals surface area contributed by atoms with Crippen LogP contribution in [-0.4, -0.2) is 25.4 Å². The van der Waals surface area contributed by atoms with Crippen molar-refractivity contribution in [1.29, 1.82) is 0 Å². The minimum Gasteiger partial charge on any atom is -0.304 e. The van der Waals surface area contributed by atoms with Crippen molar-refractivity contribution >= 4 is 21.9 Å². The zero-order valence-corrected chi connectivity index (χ0v) is 14.0. The second kappa shape index (κ2) is 6.39. The van der Waals surface area contributed by atoms with E-state index in [2.05, 4.69) is 0 Å². The first-order chi connectivity index (χ1) is 9.81. The molecule has 0 bridgehead atoms. The van der Waals surface area contributed by atoms with E-state index in [0.717, 1.165) is 5.56 Å². The van der Waals surface area contributed by atoms with Crippen LogP contribution in [0, 0.1) is 20.8 Å². The van der Waals surface area contributed by atoms with Crippen LogP contribution in [0.5, 0.6) is 0 Å². The van der Waals surface area contributed by atoms with Crippen LogP contribution < -0.4 is 5.84 Å². The minimum absolute atomic E-state index is 0.0282. The molecule has 1 aliphatic rings. The molecule has 1 aromatic carbocycles. The van der Waals surface area contributed by atoms with Gasteiger partial charge in [-0.15, -0.1) is 11.8 Å². The molecule has 21 heavy (non-hydrogen) atoms. The molecule has 1 atom stereocenters. The fourth-order valence-corrected chi connectivity index (χ4v) is 4.63. The number of thioether (sulfide) groups is 1. The summed E-state index contributed by atoms with van der Waals surface area (Å²) in [5.41, 5.74) is 2.46. The van der Waals surface area contributed by atoms with Crippen molar-refractivity contribution < 1.29 is 12.6 Å². The van der Waals surface area contributed by atoms with E-state index in [1.54, 1.807) is 36.8 Å². The maximum Gasteiger partial charge on any atom is 0.297 e. The lowest BCUT2D eigenvalue weighted by molar-refractivity contribution is 0.271. The van der Waals surface area contributed by atoms with Gasteiger partial charge in [-0.05, 0) is 37.3 Å². The first kappa shape index (κ1) is 16.4. The summed E-state index contributed by atoms with van der Waals surface area (Å²) in [5.74, 6) is 5.73. The Hall–Kier alpha value is -1.02. The third-order valence-electron chi connectivity index (χ3n) is 3.26. The average molecular weight is 328 g/mol. The zero-order chi connectivity index (χ0) is 15.6. The Bertz CT molecular complexity index is 633. The molecule has 1 heterocycles. The molecule has 2 N–H and O–H groups in total. The Balaban J connectivity index is 2.05. The monoisotopic (exact) mass is 328 g/mol. The molecular weight excluding hydrogens is 308 g/mol. The van der Waals surface area contributed by atoms with Gasteiger partial charge in [-0.2, -0.15) is 8.42 Å². The highest BCUT2D eigenvalue weighted by Gasteiger charge is 2.23. The van der Waals surface area contributed by atoms with Crippen LogP contribution >= 0.6 is 11.8 Å². The number of benzene rings is 1. The molecule has 0 fully saturated rings. The van der Waals surface area contributed by atoms with Gasteiger partial charge in [0.05, 0.1) is 16.9 Å². The van der Waals surface area contributed by atoms with E-state index in [9.17, 15) is 8.42 Å². The van der Waals surface area contributed by atoms with Crippen LogP contribution in [0.2, 0.25) is 0 Å². The second-order valence-corrected chi connectivity index (χ2v) is 7.76. The number of hydrogen-bond donors (Lipinski definition) is 1. The van der Waals surface area contributed by atoms with Crippen molar-refractivity contribution in [2.75, 3.05) is 6.61 Å². The summed E-state index contributed by atoms with van der Waals surface area (Å²) in [7, 11) is -3.74. The van der Waals surface area contributed by atoms with Gasteiger partial charge in [0.2, 0.25) is 0 Å². The van der Waals surface area contributed by atoms with Crippen molar-refractivity contribution in [3.8, 4) is 0 Å². The standard InChI is InChI=1S/C14H20N2O3S2/c1-10-8-11(2)14(12(3)9-10)21(17,18)19-6-4-13-16(15)5-7-20-13/h5,7-9,13H,4,6,15H2,1-3H3. The third-order valence-corrected chi connectivity index (χ3v) is 5.95. The highest BCUT2D eigenvalue weighted by Crippen LogP contribution is 2.27. The van der Waals surface area contributed by atoms with Crippen molar-refractivity contribution in [2.45, 2.75) is 37.5 Å². The molecule has 116 valence electrons. The molecule has 1 aliphatic heterocycles. The van der Waals surface area contributed by atoms with E-state index in [0.29, 0.717) is 17.5 Å². The Morgan fingerprint density at radius 1 is 1.29 bits per heavy atom. The predicted octanol–water partition coefficient (Wildman–Crippen LogP) is 2.43. The van der Waals surface area contributed by atoms with E-state index < -0.39 is 10.1 Å². The van der Waals surface area contributed by atoms with Crippen LogP contribution in [0.15, 0.2) is 28.6 Å². The van der Waals surface area contributed by atoms with Crippen molar-refractivity contribution in [3.63, 3.8) is 0 Å². The van der Waals surface area contributed by atoms with Gasteiger partial charge in [-0.1, -0.05) is 17.7 Å². The summed E-state index contributed by atoms with van der Waals surface area (Å²) in [6.45, 7) is 5.63. The lowest BCUT2D eigenvalue weighted by Crippen LogP contribution is -2.32. The van der Waals surface area contributed by atoms with Crippen LogP contribution in [0.1, 0.15) is 23.1 Å². The fourth-order valence-electron chi connectivity index (χ4n) is 2.46. The van der Waals surface area contributed by atoms with Gasteiger partial charge in [-0.3, -0.25) is 4.18 Å². The maximum absolute atomic E-state index is 12.4. The topological polar surface area (TPSA) is 72.6 Å². The molecule has 1 aromatic rings. The molecular formula is C14H20N2O3S2. The first-order valence-corrected chi connectivity index (χ1v) is 8.99. The van der Waals surface area contributed by atoms with Gasteiger partial charge in [0, 0.05) is 12.6 Å². The van der Waals surface area contributed by atoms with Crippen LogP contribution in [0.25, 0.3) is 0 Å². The Kier molecular flexibility index (Phi) is 4.98. The highest BCUT2D eigenvalue weighted by molar-refractivity contribution is 8.02. The minimum atomic E-state index is -3.74. The van der Waals surface area contributed by atoms with Crippen LogP contribution in [0.4, 0.5) is 0 Å². The van der Waals surface area contributed by atoms with E-state index in [4.69, 9.17) is 10.0 Å². The van der Waals surface area contributed by atoms with Gasteiger partial charge >= 0.3 is 0 Å². The summed E-state index contributed by atoms with van der Waals surface area (Å²) in [6.07, 6.45) is 2.30. The van der Waals surface area contributed by atoms with E-state index in [-0.39, 0.29) is 16.9 Å². The normalized spacial score (nSPS) is 18.5. The second-order valence-electron chi connectivity index (χ2n) is 5.12. The van der Waals surface area contributed by atoms with E-state index in [1.807, 2.05) is 24.5 Å². The summed E-state index contributed by atoms with van der Waals surface area (Å²) in [5, 5.41) is 3.47. The highest BCUT2D eigenvalue weighted by atomic mass is 32.2. The predicted molar refractivity (Wildman–Crippen MR) is 85.0 cm³/mol. The van der Waals surface area contributed by atoms with Gasteiger partial charge in [0.25, 0.3) is 10.1 Å². The molecule has 0 amide bonds. The van der Waals surface area contributed by atoms with Gasteiger partial charge < -0.3 is 5.01 Å². The number of hydrogen-bond acceptors (Lipinski definition) is 6. The van der Waals surface area contributed by atoms with E-state index in [1.165, 1.54) is 0 Å². The summed E-state index contributed by atoms with van der Waals surface area (Å²) >= 11 is 1.55. The number of rotatable bonds is 5. The maximum atomic E-state index is 12.4. The Morgan fingerprint density at radius 3 is 2.43 bits per heavy atom. The van der Waals surface area contributed by atoms with Gasteiger partial charge in [-0.25, -0.2) is 5.84 Å². The van der Waals surface area contributed by atoms with Gasteiger partial charge in [0.1, 0.15) is 0 Å². The summed E-state index contributed by atoms with van der Waals surface area (Å²) in [4.78, 5) is 0.273. The summed E-state index contributed by atoms with van der Waals surface area (Å²) < 4.78 is 29.9. The number of aryl methyl sites for hydroxylation is 3. The lowest BCUT2D eigenvalue weighted by atomic mass is 10.1. The largest absolute Gasteiger partial charge is 0.304 e. The molecule has 0 saturated heterocycles. The quantitative estimate of drug-likeness (QED) is 0.661. The fraction of sp³-hybridized carbons (Fsp3) is 0.429. The van der Waals surface area contributed by atoms with Crippen molar-refractivity contribution in [1.82, 2.24) is 5.01 Å². The molecule has 0 saturated carbocycles. The summed E-state index contributed by atoms with van der Waals surface area (Å²) in [6, 6.07) is 3.70. The smallest absolute Gasteiger partial charge is 0.297 e. The molecule has 0 aromatic heterocycles. The molecule has 0 aliphatic carbocycles. The zero-order valence-electron chi connectivity index (χ0n) is 12.4.